The van der Waals surface area contributed by atoms with Gasteiger partial charge in [-0.05, 0) is 55.1 Å². The summed E-state index contributed by atoms with van der Waals surface area (Å²) in [7, 11) is 0. The van der Waals surface area contributed by atoms with Crippen molar-refractivity contribution in [2.45, 2.75) is 38.6 Å². The zero-order chi connectivity index (χ0) is 13.8. The zero-order valence-corrected chi connectivity index (χ0v) is 12.2. The van der Waals surface area contributed by atoms with Crippen molar-refractivity contribution >= 4 is 0 Å². The SMILES string of the molecule is CCCNC(C1=CCCCO1)c1ccc2c(c1)CCO2. The Bertz CT molecular complexity index is 496. The molecule has 20 heavy (non-hydrogen) atoms. The van der Waals surface area contributed by atoms with Crippen LogP contribution in [-0.2, 0) is 11.2 Å². The van der Waals surface area contributed by atoms with Crippen LogP contribution in [0.4, 0.5) is 0 Å². The molecule has 0 saturated heterocycles. The van der Waals surface area contributed by atoms with Gasteiger partial charge in [-0.3, -0.25) is 0 Å². The first-order chi connectivity index (χ1) is 9.88. The Morgan fingerprint density at radius 2 is 2.20 bits per heavy atom. The molecule has 1 unspecified atom stereocenters. The standard InChI is InChI=1S/C17H23NO2/c1-2-9-18-17(16-5-3-4-10-19-16)14-6-7-15-13(12-14)8-11-20-15/h5-7,12,17-18H,2-4,8-11H2,1H3. The Morgan fingerprint density at radius 3 is 3.00 bits per heavy atom. The van der Waals surface area contributed by atoms with Crippen LogP contribution in [0.2, 0.25) is 0 Å². The molecule has 2 heterocycles. The second-order valence-electron chi connectivity index (χ2n) is 5.45. The van der Waals surface area contributed by atoms with Crippen molar-refractivity contribution in [3.63, 3.8) is 0 Å². The highest BCUT2D eigenvalue weighted by Crippen LogP contribution is 2.32. The lowest BCUT2D eigenvalue weighted by Gasteiger charge is -2.25. The van der Waals surface area contributed by atoms with E-state index in [2.05, 4.69) is 36.5 Å². The smallest absolute Gasteiger partial charge is 0.122 e. The van der Waals surface area contributed by atoms with Gasteiger partial charge in [0.15, 0.2) is 0 Å². The summed E-state index contributed by atoms with van der Waals surface area (Å²) in [5, 5.41) is 3.61. The number of benzene rings is 1. The fraction of sp³-hybridized carbons (Fsp3) is 0.529. The van der Waals surface area contributed by atoms with E-state index in [0.717, 1.165) is 57.0 Å². The molecule has 0 bridgehead atoms. The summed E-state index contributed by atoms with van der Waals surface area (Å²) < 4.78 is 11.5. The highest BCUT2D eigenvalue weighted by atomic mass is 16.5. The molecule has 0 spiro atoms. The number of nitrogens with one attached hydrogen (secondary N) is 1. The Balaban J connectivity index is 1.86. The van der Waals surface area contributed by atoms with Crippen LogP contribution in [0.3, 0.4) is 0 Å². The summed E-state index contributed by atoms with van der Waals surface area (Å²) in [6, 6.07) is 6.72. The molecule has 0 saturated carbocycles. The molecule has 1 aromatic carbocycles. The van der Waals surface area contributed by atoms with E-state index >= 15 is 0 Å². The molecule has 3 heteroatoms. The van der Waals surface area contributed by atoms with Crippen molar-refractivity contribution < 1.29 is 9.47 Å². The first-order valence-electron chi connectivity index (χ1n) is 7.70. The van der Waals surface area contributed by atoms with Crippen LogP contribution in [0.25, 0.3) is 0 Å². The molecule has 108 valence electrons. The molecule has 3 rings (SSSR count). The van der Waals surface area contributed by atoms with E-state index in [0.29, 0.717) is 0 Å². The van der Waals surface area contributed by atoms with Crippen LogP contribution >= 0.6 is 0 Å². The number of hydrogen-bond acceptors (Lipinski definition) is 3. The van der Waals surface area contributed by atoms with E-state index in [-0.39, 0.29) is 6.04 Å². The van der Waals surface area contributed by atoms with Crippen molar-refractivity contribution in [2.75, 3.05) is 19.8 Å². The summed E-state index contributed by atoms with van der Waals surface area (Å²) in [5.41, 5.74) is 2.61. The summed E-state index contributed by atoms with van der Waals surface area (Å²) >= 11 is 0. The average Bonchev–Trinajstić information content (AvgIpc) is 2.96. The molecule has 0 radical (unpaired) electrons. The van der Waals surface area contributed by atoms with E-state index in [4.69, 9.17) is 9.47 Å². The molecular weight excluding hydrogens is 250 g/mol. The summed E-state index contributed by atoms with van der Waals surface area (Å²) in [5.74, 6) is 2.13. The lowest BCUT2D eigenvalue weighted by Crippen LogP contribution is -2.26. The molecule has 0 aliphatic carbocycles. The van der Waals surface area contributed by atoms with Crippen molar-refractivity contribution in [1.82, 2.24) is 5.32 Å². The van der Waals surface area contributed by atoms with Crippen molar-refractivity contribution in [3.05, 3.63) is 41.2 Å². The van der Waals surface area contributed by atoms with Gasteiger partial charge in [-0.1, -0.05) is 13.0 Å². The first kappa shape index (κ1) is 13.5. The van der Waals surface area contributed by atoms with E-state index in [9.17, 15) is 0 Å². The van der Waals surface area contributed by atoms with Crippen molar-refractivity contribution in [3.8, 4) is 5.75 Å². The van der Waals surface area contributed by atoms with Gasteiger partial charge >= 0.3 is 0 Å². The van der Waals surface area contributed by atoms with Crippen LogP contribution in [0.5, 0.6) is 5.75 Å². The van der Waals surface area contributed by atoms with Crippen molar-refractivity contribution in [1.29, 1.82) is 0 Å². The van der Waals surface area contributed by atoms with Crippen molar-refractivity contribution in [2.24, 2.45) is 0 Å². The maximum atomic E-state index is 5.88. The van der Waals surface area contributed by atoms with Crippen LogP contribution in [0, 0.1) is 0 Å². The number of rotatable bonds is 5. The minimum Gasteiger partial charge on any atom is -0.496 e. The summed E-state index contributed by atoms with van der Waals surface area (Å²) in [6.45, 7) is 4.84. The Hall–Kier alpha value is -1.48. The van der Waals surface area contributed by atoms with Gasteiger partial charge in [-0.25, -0.2) is 0 Å². The number of allylic oxidation sites excluding steroid dienone is 1. The number of hydrogen-bond donors (Lipinski definition) is 1. The largest absolute Gasteiger partial charge is 0.496 e. The Kier molecular flexibility index (Phi) is 4.26. The monoisotopic (exact) mass is 273 g/mol. The fourth-order valence-electron chi connectivity index (χ4n) is 2.84. The molecular formula is C17H23NO2. The molecule has 3 nitrogen and oxygen atoms in total. The van der Waals surface area contributed by atoms with Crippen LogP contribution in [0.1, 0.15) is 43.4 Å². The second-order valence-corrected chi connectivity index (χ2v) is 5.45. The molecule has 0 aromatic heterocycles. The third-order valence-corrected chi connectivity index (χ3v) is 3.89. The van der Waals surface area contributed by atoms with E-state index < -0.39 is 0 Å². The van der Waals surface area contributed by atoms with Crippen LogP contribution in [0.15, 0.2) is 30.0 Å². The lowest BCUT2D eigenvalue weighted by atomic mass is 9.99. The topological polar surface area (TPSA) is 30.5 Å². The third-order valence-electron chi connectivity index (χ3n) is 3.89. The predicted octanol–water partition coefficient (Wildman–Crippen LogP) is 3.36. The maximum absolute atomic E-state index is 5.88. The highest BCUT2D eigenvalue weighted by Gasteiger charge is 2.21. The van der Waals surface area contributed by atoms with Gasteiger partial charge in [0.2, 0.25) is 0 Å². The fourth-order valence-corrected chi connectivity index (χ4v) is 2.84. The molecule has 0 amide bonds. The number of fused-ring (bicyclic) bond motifs is 1. The minimum atomic E-state index is 0.182. The highest BCUT2D eigenvalue weighted by molar-refractivity contribution is 5.42. The average molecular weight is 273 g/mol. The lowest BCUT2D eigenvalue weighted by molar-refractivity contribution is 0.167. The Labute approximate surface area is 121 Å². The van der Waals surface area contributed by atoms with Gasteiger partial charge < -0.3 is 14.8 Å². The third kappa shape index (κ3) is 2.83. The van der Waals surface area contributed by atoms with E-state index in [1.165, 1.54) is 11.1 Å². The van der Waals surface area contributed by atoms with Gasteiger partial charge in [0, 0.05) is 6.42 Å². The molecule has 0 fully saturated rings. The van der Waals surface area contributed by atoms with Gasteiger partial charge in [0.1, 0.15) is 11.5 Å². The van der Waals surface area contributed by atoms with E-state index in [1.54, 1.807) is 0 Å². The van der Waals surface area contributed by atoms with Gasteiger partial charge in [-0.15, -0.1) is 0 Å². The first-order valence-corrected chi connectivity index (χ1v) is 7.70. The summed E-state index contributed by atoms with van der Waals surface area (Å²) in [6.07, 6.45) is 6.62. The minimum absolute atomic E-state index is 0.182. The second kappa shape index (κ2) is 6.31. The molecule has 2 aliphatic heterocycles. The quantitative estimate of drug-likeness (QED) is 0.892. The zero-order valence-electron chi connectivity index (χ0n) is 12.2. The normalized spacial score (nSPS) is 18.8. The van der Waals surface area contributed by atoms with Gasteiger partial charge in [0.25, 0.3) is 0 Å². The Morgan fingerprint density at radius 1 is 1.25 bits per heavy atom. The molecule has 1 atom stereocenters. The summed E-state index contributed by atoms with van der Waals surface area (Å²) in [4.78, 5) is 0. The number of ether oxygens (including phenoxy) is 2. The van der Waals surface area contributed by atoms with Gasteiger partial charge in [0.05, 0.1) is 19.3 Å². The van der Waals surface area contributed by atoms with Crippen LogP contribution < -0.4 is 10.1 Å². The van der Waals surface area contributed by atoms with Gasteiger partial charge in [-0.2, -0.15) is 0 Å². The predicted molar refractivity (Wildman–Crippen MR) is 79.9 cm³/mol. The van der Waals surface area contributed by atoms with Crippen LogP contribution in [-0.4, -0.2) is 19.8 Å². The molecule has 1 aromatic rings. The molecule has 2 aliphatic rings. The maximum Gasteiger partial charge on any atom is 0.122 e. The molecule has 1 N–H and O–H groups in total. The van der Waals surface area contributed by atoms with E-state index in [1.807, 2.05) is 0 Å².